The van der Waals surface area contributed by atoms with Crippen LogP contribution in [0.3, 0.4) is 0 Å². The first-order valence-electron chi connectivity index (χ1n) is 7.51. The molecule has 0 aliphatic carbocycles. The fourth-order valence-corrected chi connectivity index (χ4v) is 3.23. The molecule has 0 aromatic carbocycles. The van der Waals surface area contributed by atoms with Crippen LogP contribution >= 0.6 is 0 Å². The van der Waals surface area contributed by atoms with Gasteiger partial charge in [0, 0.05) is 25.7 Å². The second-order valence-corrected chi connectivity index (χ2v) is 5.30. The monoisotopic (exact) mass is 296 g/mol. The van der Waals surface area contributed by atoms with Gasteiger partial charge in [-0.15, -0.1) is 0 Å². The van der Waals surface area contributed by atoms with Gasteiger partial charge in [0.15, 0.2) is 6.30 Å². The lowest BCUT2D eigenvalue weighted by molar-refractivity contribution is -0.249. The Balaban J connectivity index is 3.08. The van der Waals surface area contributed by atoms with Gasteiger partial charge in [-0.1, -0.05) is 33.6 Å². The third kappa shape index (κ3) is 3.28. The Morgan fingerprint density at radius 1 is 1.10 bits per heavy atom. The molecule has 0 radical (unpaired) electrons. The Kier molecular flexibility index (Phi) is 6.75. The van der Waals surface area contributed by atoms with Crippen molar-refractivity contribution in [1.82, 2.24) is 9.80 Å². The highest BCUT2D eigenvalue weighted by molar-refractivity contribution is 4.98. The maximum Gasteiger partial charge on any atom is 0.372 e. The van der Waals surface area contributed by atoms with Crippen LogP contribution in [0.4, 0.5) is 13.2 Å². The Labute approximate surface area is 120 Å². The lowest BCUT2D eigenvalue weighted by Gasteiger charge is -2.32. The van der Waals surface area contributed by atoms with Crippen molar-refractivity contribution in [3.8, 4) is 0 Å². The van der Waals surface area contributed by atoms with Gasteiger partial charge in [0.2, 0.25) is 0 Å². The molecule has 1 rings (SSSR count). The minimum Gasteiger partial charge on any atom is -0.380 e. The summed E-state index contributed by atoms with van der Waals surface area (Å²) in [6.07, 6.45) is -2.22. The molecule has 3 atom stereocenters. The highest BCUT2D eigenvalue weighted by Crippen LogP contribution is 2.43. The minimum atomic E-state index is -3.24. The van der Waals surface area contributed by atoms with Crippen LogP contribution < -0.4 is 0 Å². The molecule has 3 nitrogen and oxygen atoms in total. The number of rotatable bonds is 8. The number of likely N-dealkylation sites (N-methyl/N-ethyl adjacent to an activating group) is 1. The second-order valence-electron chi connectivity index (χ2n) is 5.30. The fourth-order valence-electron chi connectivity index (χ4n) is 3.23. The van der Waals surface area contributed by atoms with Gasteiger partial charge in [0.05, 0.1) is 6.61 Å². The number of halogens is 3. The van der Waals surface area contributed by atoms with E-state index in [1.54, 1.807) is 6.92 Å². The first kappa shape index (κ1) is 17.7. The molecule has 0 aromatic heterocycles. The average molecular weight is 296 g/mol. The number of methoxy groups -OCH3 is 1. The van der Waals surface area contributed by atoms with E-state index in [0.717, 1.165) is 22.6 Å². The molecule has 3 unspecified atom stereocenters. The van der Waals surface area contributed by atoms with Gasteiger partial charge in [-0.3, -0.25) is 0 Å². The summed E-state index contributed by atoms with van der Waals surface area (Å²) >= 11 is 0. The normalized spacial score (nSPS) is 28.9. The molecule has 1 saturated heterocycles. The van der Waals surface area contributed by atoms with E-state index in [2.05, 4.69) is 0 Å². The first-order valence-corrected chi connectivity index (χ1v) is 7.51. The van der Waals surface area contributed by atoms with Crippen molar-refractivity contribution >= 4 is 0 Å². The lowest BCUT2D eigenvalue weighted by atomic mass is 9.98. The van der Waals surface area contributed by atoms with E-state index < -0.39 is 18.5 Å². The van der Waals surface area contributed by atoms with Crippen LogP contribution in [0.5, 0.6) is 0 Å². The molecule has 0 amide bonds. The Morgan fingerprint density at radius 3 is 2.10 bits per heavy atom. The van der Waals surface area contributed by atoms with Crippen molar-refractivity contribution in [3.63, 3.8) is 0 Å². The molecule has 1 aliphatic heterocycles. The van der Waals surface area contributed by atoms with Gasteiger partial charge < -0.3 is 4.74 Å². The molecule has 1 heterocycles. The lowest BCUT2D eigenvalue weighted by Crippen LogP contribution is -2.52. The summed E-state index contributed by atoms with van der Waals surface area (Å²) in [6.45, 7) is 5.50. The van der Waals surface area contributed by atoms with E-state index in [-0.39, 0.29) is 19.2 Å². The molecule has 0 spiro atoms. The zero-order valence-corrected chi connectivity index (χ0v) is 12.9. The molecular formula is C14H27F3N2O. The van der Waals surface area contributed by atoms with Crippen LogP contribution in [0, 0.1) is 0 Å². The summed E-state index contributed by atoms with van der Waals surface area (Å²) in [6, 6.07) is -0.755. The third-order valence-electron chi connectivity index (χ3n) is 3.97. The van der Waals surface area contributed by atoms with Crippen molar-refractivity contribution in [2.24, 2.45) is 0 Å². The van der Waals surface area contributed by atoms with Crippen molar-refractivity contribution in [3.05, 3.63) is 0 Å². The van der Waals surface area contributed by atoms with Crippen LogP contribution in [0.1, 0.15) is 46.5 Å². The van der Waals surface area contributed by atoms with Crippen LogP contribution in [0.25, 0.3) is 0 Å². The van der Waals surface area contributed by atoms with Crippen molar-refractivity contribution in [2.75, 3.05) is 20.3 Å². The maximum atomic E-state index is 14.6. The molecule has 6 heteroatoms. The van der Waals surface area contributed by atoms with Gasteiger partial charge >= 0.3 is 6.17 Å². The van der Waals surface area contributed by atoms with Crippen LogP contribution in [0.2, 0.25) is 0 Å². The molecule has 0 aromatic rings. The van der Waals surface area contributed by atoms with Crippen molar-refractivity contribution in [2.45, 2.75) is 71.0 Å². The van der Waals surface area contributed by atoms with E-state index >= 15 is 0 Å². The summed E-state index contributed by atoms with van der Waals surface area (Å²) < 4.78 is 48.0. The molecule has 20 heavy (non-hydrogen) atoms. The maximum absolute atomic E-state index is 14.6. The largest absolute Gasteiger partial charge is 0.380 e. The van der Waals surface area contributed by atoms with Gasteiger partial charge in [-0.2, -0.15) is 13.7 Å². The van der Waals surface area contributed by atoms with Crippen molar-refractivity contribution < 1.29 is 17.9 Å². The summed E-state index contributed by atoms with van der Waals surface area (Å²) in [5.74, 6) is 0. The smallest absolute Gasteiger partial charge is 0.372 e. The number of alkyl halides is 3. The van der Waals surface area contributed by atoms with Gasteiger partial charge in [-0.25, -0.2) is 9.29 Å². The van der Waals surface area contributed by atoms with Crippen LogP contribution in [-0.2, 0) is 4.74 Å². The summed E-state index contributed by atoms with van der Waals surface area (Å²) in [4.78, 5) is 1.86. The third-order valence-corrected chi connectivity index (χ3v) is 3.97. The van der Waals surface area contributed by atoms with Gasteiger partial charge in [-0.05, 0) is 12.8 Å². The molecule has 0 N–H and O–H groups in total. The minimum absolute atomic E-state index is 0.216. The zero-order chi connectivity index (χ0) is 15.3. The number of ether oxygens (including phenoxy) is 1. The van der Waals surface area contributed by atoms with Crippen LogP contribution in [-0.4, -0.2) is 54.6 Å². The van der Waals surface area contributed by atoms with Crippen molar-refractivity contribution in [1.29, 1.82) is 0 Å². The topological polar surface area (TPSA) is 15.7 Å². The quantitative estimate of drug-likeness (QED) is 0.638. The molecule has 1 aliphatic rings. The molecule has 0 saturated carbocycles. The molecular weight excluding hydrogens is 269 g/mol. The van der Waals surface area contributed by atoms with E-state index in [0.29, 0.717) is 12.8 Å². The van der Waals surface area contributed by atoms with E-state index in [9.17, 15) is 13.2 Å². The Hall–Kier alpha value is -0.330. The van der Waals surface area contributed by atoms with Gasteiger partial charge in [0.1, 0.15) is 0 Å². The second kappa shape index (κ2) is 7.61. The van der Waals surface area contributed by atoms with E-state index in [4.69, 9.17) is 4.74 Å². The Bertz CT molecular complexity index is 292. The van der Waals surface area contributed by atoms with Crippen LogP contribution in [0.15, 0.2) is 0 Å². The molecule has 0 bridgehead atoms. The SMILES string of the molecule is CCCC1C(CCC)N(C(F)COC)C(F)(F)N1CC. The first-order chi connectivity index (χ1) is 9.45. The predicted octanol–water partition coefficient (Wildman–Crippen LogP) is 3.45. The molecule has 1 fully saturated rings. The summed E-state index contributed by atoms with van der Waals surface area (Å²) in [7, 11) is 1.33. The fraction of sp³-hybridized carbons (Fsp3) is 1.00. The van der Waals surface area contributed by atoms with E-state index in [1.807, 2.05) is 13.8 Å². The number of hydrogen-bond acceptors (Lipinski definition) is 3. The number of nitrogens with zero attached hydrogens (tertiary/aromatic N) is 2. The zero-order valence-electron chi connectivity index (χ0n) is 12.9. The predicted molar refractivity (Wildman–Crippen MR) is 73.3 cm³/mol. The average Bonchev–Trinajstić information content (AvgIpc) is 2.58. The highest BCUT2D eigenvalue weighted by Gasteiger charge is 2.60. The summed E-state index contributed by atoms with van der Waals surface area (Å²) in [5.41, 5.74) is 0. The Morgan fingerprint density at radius 2 is 1.65 bits per heavy atom. The number of hydrogen-bond donors (Lipinski definition) is 0. The van der Waals surface area contributed by atoms with E-state index in [1.165, 1.54) is 7.11 Å². The van der Waals surface area contributed by atoms with Gasteiger partial charge in [0.25, 0.3) is 0 Å². The summed E-state index contributed by atoms with van der Waals surface area (Å²) in [5, 5.41) is 0. The highest BCUT2D eigenvalue weighted by atomic mass is 19.3. The molecule has 120 valence electrons. The standard InChI is InChI=1S/C14H27F3N2O/c1-5-8-11-12(9-6-2)19(13(15)10-20-4)14(16,17)18(11)7-3/h11-13H,5-10H2,1-4H3.